The molecular weight excluding hydrogens is 380 g/mol. The highest BCUT2D eigenvalue weighted by atomic mass is 35.5. The van der Waals surface area contributed by atoms with E-state index in [1.807, 2.05) is 11.0 Å². The zero-order valence-corrected chi connectivity index (χ0v) is 16.2. The number of halogens is 1. The van der Waals surface area contributed by atoms with Gasteiger partial charge in [0.15, 0.2) is 0 Å². The number of nitrogens with zero attached hydrogens (tertiary/aromatic N) is 3. The first-order chi connectivity index (χ1) is 13.5. The van der Waals surface area contributed by atoms with Crippen LogP contribution in [0.5, 0.6) is 0 Å². The van der Waals surface area contributed by atoms with Crippen LogP contribution in [0, 0.1) is 0 Å². The number of H-pyrrole nitrogens is 1. The van der Waals surface area contributed by atoms with E-state index < -0.39 is 6.10 Å². The SMILES string of the molecule is O=C(c1ccc(Cl)cc1)N1CC(O)C(N2CCN(C(=O)c3ccc[nH]3)CC2)C1. The predicted octanol–water partition coefficient (Wildman–Crippen LogP) is 1.31. The van der Waals surface area contributed by atoms with Crippen molar-refractivity contribution in [2.75, 3.05) is 39.3 Å². The second-order valence-corrected chi connectivity index (χ2v) is 7.70. The molecule has 2 unspecified atom stereocenters. The summed E-state index contributed by atoms with van der Waals surface area (Å²) >= 11 is 5.89. The molecule has 0 radical (unpaired) electrons. The van der Waals surface area contributed by atoms with Crippen LogP contribution in [0.4, 0.5) is 0 Å². The molecule has 2 aliphatic rings. The molecule has 8 heteroatoms. The molecule has 148 valence electrons. The molecule has 2 aliphatic heterocycles. The maximum Gasteiger partial charge on any atom is 0.270 e. The lowest BCUT2D eigenvalue weighted by atomic mass is 10.1. The number of rotatable bonds is 3. The van der Waals surface area contributed by atoms with Gasteiger partial charge in [-0.1, -0.05) is 11.6 Å². The Kier molecular flexibility index (Phi) is 5.39. The fraction of sp³-hybridized carbons (Fsp3) is 0.400. The highest BCUT2D eigenvalue weighted by molar-refractivity contribution is 6.30. The van der Waals surface area contributed by atoms with E-state index in [9.17, 15) is 14.7 Å². The van der Waals surface area contributed by atoms with Gasteiger partial charge in [0.1, 0.15) is 5.69 Å². The molecule has 0 spiro atoms. The van der Waals surface area contributed by atoms with Gasteiger partial charge in [0, 0.05) is 56.1 Å². The molecule has 2 fully saturated rings. The lowest BCUT2D eigenvalue weighted by molar-refractivity contribution is 0.0373. The molecule has 2 N–H and O–H groups in total. The maximum absolute atomic E-state index is 12.7. The van der Waals surface area contributed by atoms with Crippen molar-refractivity contribution in [2.24, 2.45) is 0 Å². The van der Waals surface area contributed by atoms with Crippen LogP contribution in [-0.4, -0.2) is 88.0 Å². The van der Waals surface area contributed by atoms with Gasteiger partial charge in [-0.05, 0) is 36.4 Å². The number of carbonyl (C=O) groups is 2. The molecule has 7 nitrogen and oxygen atoms in total. The van der Waals surface area contributed by atoms with Crippen LogP contribution < -0.4 is 0 Å². The molecule has 3 heterocycles. The number of aliphatic hydroxyl groups excluding tert-OH is 1. The Labute approximate surface area is 168 Å². The van der Waals surface area contributed by atoms with Crippen LogP contribution in [0.2, 0.25) is 5.02 Å². The Morgan fingerprint density at radius 1 is 0.964 bits per heavy atom. The summed E-state index contributed by atoms with van der Waals surface area (Å²) in [4.78, 5) is 33.8. The molecule has 2 atom stereocenters. The average Bonchev–Trinajstić information content (AvgIpc) is 3.38. The van der Waals surface area contributed by atoms with Crippen molar-refractivity contribution < 1.29 is 14.7 Å². The van der Waals surface area contributed by atoms with Crippen molar-refractivity contribution in [2.45, 2.75) is 12.1 Å². The number of piperazine rings is 1. The fourth-order valence-electron chi connectivity index (χ4n) is 3.96. The van der Waals surface area contributed by atoms with Crippen molar-refractivity contribution in [3.8, 4) is 0 Å². The lowest BCUT2D eigenvalue weighted by Gasteiger charge is -2.38. The number of aromatic nitrogens is 1. The summed E-state index contributed by atoms with van der Waals surface area (Å²) in [5.41, 5.74) is 1.16. The molecule has 1 aromatic heterocycles. The second-order valence-electron chi connectivity index (χ2n) is 7.26. The summed E-state index contributed by atoms with van der Waals surface area (Å²) in [6.45, 7) is 3.35. The zero-order valence-electron chi connectivity index (χ0n) is 15.4. The Bertz CT molecular complexity index is 832. The van der Waals surface area contributed by atoms with Crippen molar-refractivity contribution >= 4 is 23.4 Å². The fourth-order valence-corrected chi connectivity index (χ4v) is 4.09. The number of aromatic amines is 1. The molecule has 4 rings (SSSR count). The first kappa shape index (κ1) is 19.0. The van der Waals surface area contributed by atoms with Crippen LogP contribution in [0.25, 0.3) is 0 Å². The minimum Gasteiger partial charge on any atom is -0.390 e. The summed E-state index contributed by atoms with van der Waals surface area (Å²) in [5, 5.41) is 11.1. The lowest BCUT2D eigenvalue weighted by Crippen LogP contribution is -2.55. The smallest absolute Gasteiger partial charge is 0.270 e. The summed E-state index contributed by atoms with van der Waals surface area (Å²) in [6, 6.07) is 10.3. The van der Waals surface area contributed by atoms with Gasteiger partial charge in [-0.25, -0.2) is 0 Å². The van der Waals surface area contributed by atoms with Gasteiger partial charge in [0.05, 0.1) is 12.1 Å². The number of likely N-dealkylation sites (tertiary alicyclic amines) is 1. The summed E-state index contributed by atoms with van der Waals surface area (Å²) in [6.07, 6.45) is 1.15. The van der Waals surface area contributed by atoms with Crippen molar-refractivity contribution in [3.63, 3.8) is 0 Å². The van der Waals surface area contributed by atoms with Crippen molar-refractivity contribution in [1.82, 2.24) is 19.7 Å². The molecule has 2 amide bonds. The first-order valence-corrected chi connectivity index (χ1v) is 9.80. The number of hydrogen-bond acceptors (Lipinski definition) is 4. The number of hydrogen-bond donors (Lipinski definition) is 2. The van der Waals surface area contributed by atoms with Crippen molar-refractivity contribution in [1.29, 1.82) is 0 Å². The quantitative estimate of drug-likeness (QED) is 0.811. The van der Waals surface area contributed by atoms with Crippen LogP contribution in [0.15, 0.2) is 42.6 Å². The van der Waals surface area contributed by atoms with Gasteiger partial charge in [0.25, 0.3) is 11.8 Å². The van der Waals surface area contributed by atoms with E-state index in [-0.39, 0.29) is 17.9 Å². The van der Waals surface area contributed by atoms with Gasteiger partial charge in [0.2, 0.25) is 0 Å². The van der Waals surface area contributed by atoms with E-state index in [2.05, 4.69) is 9.88 Å². The van der Waals surface area contributed by atoms with Crippen molar-refractivity contribution in [3.05, 3.63) is 58.9 Å². The van der Waals surface area contributed by atoms with E-state index in [0.29, 0.717) is 55.5 Å². The monoisotopic (exact) mass is 402 g/mol. The average molecular weight is 403 g/mol. The number of benzene rings is 1. The van der Waals surface area contributed by atoms with Crippen LogP contribution in [0.1, 0.15) is 20.8 Å². The zero-order chi connectivity index (χ0) is 19.7. The van der Waals surface area contributed by atoms with E-state index in [4.69, 9.17) is 11.6 Å². The van der Waals surface area contributed by atoms with Gasteiger partial charge in [-0.15, -0.1) is 0 Å². The van der Waals surface area contributed by atoms with E-state index in [1.165, 1.54) is 0 Å². The molecule has 1 aromatic carbocycles. The Morgan fingerprint density at radius 3 is 2.32 bits per heavy atom. The number of aliphatic hydroxyl groups is 1. The predicted molar refractivity (Wildman–Crippen MR) is 105 cm³/mol. The minimum atomic E-state index is -0.595. The minimum absolute atomic E-state index is 0.00355. The number of amides is 2. The van der Waals surface area contributed by atoms with Crippen LogP contribution in [0.3, 0.4) is 0 Å². The van der Waals surface area contributed by atoms with Gasteiger partial charge >= 0.3 is 0 Å². The molecule has 0 aliphatic carbocycles. The van der Waals surface area contributed by atoms with Crippen LogP contribution in [-0.2, 0) is 0 Å². The highest BCUT2D eigenvalue weighted by Gasteiger charge is 2.39. The molecular formula is C20H23ClN4O3. The summed E-state index contributed by atoms with van der Waals surface area (Å²) < 4.78 is 0. The first-order valence-electron chi connectivity index (χ1n) is 9.42. The van der Waals surface area contributed by atoms with E-state index in [0.717, 1.165) is 0 Å². The van der Waals surface area contributed by atoms with Crippen LogP contribution >= 0.6 is 11.6 Å². The number of β-amino-alcohol motifs (C(OH)–C–C–N with tert-alkyl or cyclic N) is 1. The Balaban J connectivity index is 1.35. The van der Waals surface area contributed by atoms with Gasteiger partial charge in [-0.2, -0.15) is 0 Å². The third-order valence-corrected chi connectivity index (χ3v) is 5.79. The molecule has 2 aromatic rings. The molecule has 0 saturated carbocycles. The molecule has 28 heavy (non-hydrogen) atoms. The third kappa shape index (κ3) is 3.78. The number of nitrogens with one attached hydrogen (secondary N) is 1. The third-order valence-electron chi connectivity index (χ3n) is 5.54. The summed E-state index contributed by atoms with van der Waals surface area (Å²) in [5.74, 6) is -0.102. The Morgan fingerprint density at radius 2 is 1.68 bits per heavy atom. The summed E-state index contributed by atoms with van der Waals surface area (Å²) in [7, 11) is 0. The molecule has 2 saturated heterocycles. The largest absolute Gasteiger partial charge is 0.390 e. The molecule has 0 bridgehead atoms. The Hall–Kier alpha value is -2.35. The standard InChI is InChI=1S/C20H23ClN4O3/c21-15-5-3-14(4-6-15)19(27)25-12-17(18(26)13-25)23-8-10-24(11-9-23)20(28)16-2-1-7-22-16/h1-7,17-18,22,26H,8-13H2. The number of carbonyl (C=O) groups excluding carboxylic acids is 2. The second kappa shape index (κ2) is 7.95. The maximum atomic E-state index is 12.7. The topological polar surface area (TPSA) is 79.9 Å². The van der Waals surface area contributed by atoms with Gasteiger partial charge in [-0.3, -0.25) is 14.5 Å². The van der Waals surface area contributed by atoms with E-state index >= 15 is 0 Å². The van der Waals surface area contributed by atoms with E-state index in [1.54, 1.807) is 41.4 Å². The van der Waals surface area contributed by atoms with Gasteiger partial charge < -0.3 is 19.9 Å². The normalized spacial score (nSPS) is 23.2. The highest BCUT2D eigenvalue weighted by Crippen LogP contribution is 2.21.